The molecule has 2 aromatic rings. The SMILES string of the molecule is Cc1oc2ccccc2c1CO. The number of para-hydroxylation sites is 1. The van der Waals surface area contributed by atoms with Crippen molar-refractivity contribution >= 4 is 11.0 Å². The molecule has 2 rings (SSSR count). The largest absolute Gasteiger partial charge is 0.461 e. The fourth-order valence-electron chi connectivity index (χ4n) is 1.42. The number of fused-ring (bicyclic) bond motifs is 1. The predicted molar refractivity (Wildman–Crippen MR) is 46.9 cm³/mol. The highest BCUT2D eigenvalue weighted by Gasteiger charge is 2.07. The highest BCUT2D eigenvalue weighted by molar-refractivity contribution is 5.81. The lowest BCUT2D eigenvalue weighted by Gasteiger charge is -1.90. The van der Waals surface area contributed by atoms with Gasteiger partial charge in [0.05, 0.1) is 6.61 Å². The normalized spacial score (nSPS) is 10.8. The summed E-state index contributed by atoms with van der Waals surface area (Å²) in [5.74, 6) is 0.804. The molecule has 0 aliphatic rings. The Kier molecular flexibility index (Phi) is 1.62. The molecule has 62 valence electrons. The number of aliphatic hydroxyl groups is 1. The van der Waals surface area contributed by atoms with E-state index in [1.807, 2.05) is 31.2 Å². The van der Waals surface area contributed by atoms with E-state index in [1.54, 1.807) is 0 Å². The summed E-state index contributed by atoms with van der Waals surface area (Å²) in [6.07, 6.45) is 0. The molecule has 0 bridgehead atoms. The maximum absolute atomic E-state index is 9.05. The zero-order valence-electron chi connectivity index (χ0n) is 6.87. The summed E-state index contributed by atoms with van der Waals surface area (Å²) in [6, 6.07) is 7.72. The van der Waals surface area contributed by atoms with Gasteiger partial charge in [0.2, 0.25) is 0 Å². The van der Waals surface area contributed by atoms with Gasteiger partial charge in [-0.25, -0.2) is 0 Å². The minimum atomic E-state index is 0.0445. The molecular formula is C10H10O2. The van der Waals surface area contributed by atoms with Crippen LogP contribution in [0.25, 0.3) is 11.0 Å². The van der Waals surface area contributed by atoms with Crippen LogP contribution in [0.15, 0.2) is 28.7 Å². The third-order valence-corrected chi connectivity index (χ3v) is 2.06. The fourth-order valence-corrected chi connectivity index (χ4v) is 1.42. The van der Waals surface area contributed by atoms with Crippen LogP contribution in [0.4, 0.5) is 0 Å². The first-order chi connectivity index (χ1) is 5.83. The minimum absolute atomic E-state index is 0.0445. The number of aryl methyl sites for hydroxylation is 1. The molecule has 1 aromatic heterocycles. The Morgan fingerprint density at radius 1 is 1.33 bits per heavy atom. The van der Waals surface area contributed by atoms with Crippen molar-refractivity contribution in [2.75, 3.05) is 0 Å². The van der Waals surface area contributed by atoms with Crippen LogP contribution in [-0.2, 0) is 6.61 Å². The quantitative estimate of drug-likeness (QED) is 0.697. The Morgan fingerprint density at radius 2 is 2.08 bits per heavy atom. The predicted octanol–water partition coefficient (Wildman–Crippen LogP) is 2.23. The van der Waals surface area contributed by atoms with Crippen molar-refractivity contribution in [3.63, 3.8) is 0 Å². The van der Waals surface area contributed by atoms with Crippen LogP contribution in [0.3, 0.4) is 0 Å². The van der Waals surface area contributed by atoms with Gasteiger partial charge in [0.25, 0.3) is 0 Å². The van der Waals surface area contributed by atoms with Crippen molar-refractivity contribution in [2.45, 2.75) is 13.5 Å². The molecule has 12 heavy (non-hydrogen) atoms. The number of benzene rings is 1. The third-order valence-electron chi connectivity index (χ3n) is 2.06. The Morgan fingerprint density at radius 3 is 2.83 bits per heavy atom. The van der Waals surface area contributed by atoms with Crippen molar-refractivity contribution < 1.29 is 9.52 Å². The van der Waals surface area contributed by atoms with E-state index in [-0.39, 0.29) is 6.61 Å². The molecule has 0 unspecified atom stereocenters. The van der Waals surface area contributed by atoms with E-state index in [1.165, 1.54) is 0 Å². The lowest BCUT2D eigenvalue weighted by molar-refractivity contribution is 0.280. The summed E-state index contributed by atoms with van der Waals surface area (Å²) >= 11 is 0. The first-order valence-corrected chi connectivity index (χ1v) is 3.91. The molecule has 0 saturated carbocycles. The molecule has 0 amide bonds. The Hall–Kier alpha value is -1.28. The molecular weight excluding hydrogens is 152 g/mol. The van der Waals surface area contributed by atoms with Crippen molar-refractivity contribution in [1.29, 1.82) is 0 Å². The van der Waals surface area contributed by atoms with E-state index in [9.17, 15) is 0 Å². The van der Waals surface area contributed by atoms with Crippen LogP contribution in [0.2, 0.25) is 0 Å². The molecule has 0 spiro atoms. The summed E-state index contributed by atoms with van der Waals surface area (Å²) in [7, 11) is 0. The summed E-state index contributed by atoms with van der Waals surface area (Å²) < 4.78 is 5.43. The van der Waals surface area contributed by atoms with Crippen molar-refractivity contribution in [2.24, 2.45) is 0 Å². The van der Waals surface area contributed by atoms with Gasteiger partial charge >= 0.3 is 0 Å². The molecule has 0 aliphatic carbocycles. The first-order valence-electron chi connectivity index (χ1n) is 3.91. The monoisotopic (exact) mass is 162 g/mol. The second kappa shape index (κ2) is 2.64. The van der Waals surface area contributed by atoms with Crippen molar-refractivity contribution in [1.82, 2.24) is 0 Å². The van der Waals surface area contributed by atoms with Crippen molar-refractivity contribution in [3.8, 4) is 0 Å². The van der Waals surface area contributed by atoms with E-state index in [0.717, 1.165) is 22.3 Å². The molecule has 0 aliphatic heterocycles. The Bertz CT molecular complexity index is 401. The zero-order chi connectivity index (χ0) is 8.55. The molecule has 0 saturated heterocycles. The van der Waals surface area contributed by atoms with Gasteiger partial charge in [0, 0.05) is 10.9 Å². The van der Waals surface area contributed by atoms with Gasteiger partial charge < -0.3 is 9.52 Å². The number of rotatable bonds is 1. The number of furan rings is 1. The van der Waals surface area contributed by atoms with Gasteiger partial charge in [-0.3, -0.25) is 0 Å². The van der Waals surface area contributed by atoms with Crippen LogP contribution in [0, 0.1) is 6.92 Å². The van der Waals surface area contributed by atoms with E-state index in [2.05, 4.69) is 0 Å². The topological polar surface area (TPSA) is 33.4 Å². The fraction of sp³-hybridized carbons (Fsp3) is 0.200. The molecule has 0 radical (unpaired) electrons. The maximum atomic E-state index is 9.05. The van der Waals surface area contributed by atoms with E-state index in [4.69, 9.17) is 9.52 Å². The molecule has 1 heterocycles. The second-order valence-electron chi connectivity index (χ2n) is 2.79. The second-order valence-corrected chi connectivity index (χ2v) is 2.79. The lowest BCUT2D eigenvalue weighted by Crippen LogP contribution is -1.81. The molecule has 0 fully saturated rings. The third kappa shape index (κ3) is 0.924. The maximum Gasteiger partial charge on any atom is 0.134 e. The molecule has 1 N–H and O–H groups in total. The Labute approximate surface area is 70.4 Å². The van der Waals surface area contributed by atoms with E-state index >= 15 is 0 Å². The van der Waals surface area contributed by atoms with Crippen LogP contribution in [0.1, 0.15) is 11.3 Å². The Balaban J connectivity index is 2.81. The van der Waals surface area contributed by atoms with E-state index < -0.39 is 0 Å². The number of hydrogen-bond donors (Lipinski definition) is 1. The lowest BCUT2D eigenvalue weighted by atomic mass is 10.1. The molecule has 2 heteroatoms. The molecule has 2 nitrogen and oxygen atoms in total. The average molecular weight is 162 g/mol. The first kappa shape index (κ1) is 7.37. The van der Waals surface area contributed by atoms with Gasteiger partial charge in [-0.15, -0.1) is 0 Å². The van der Waals surface area contributed by atoms with Gasteiger partial charge in [0.1, 0.15) is 11.3 Å². The van der Waals surface area contributed by atoms with Gasteiger partial charge in [-0.1, -0.05) is 18.2 Å². The van der Waals surface area contributed by atoms with Crippen LogP contribution in [0.5, 0.6) is 0 Å². The zero-order valence-corrected chi connectivity index (χ0v) is 6.87. The standard InChI is InChI=1S/C10H10O2/c1-7-9(6-11)8-4-2-3-5-10(8)12-7/h2-5,11H,6H2,1H3. The highest BCUT2D eigenvalue weighted by atomic mass is 16.3. The number of hydrogen-bond acceptors (Lipinski definition) is 2. The summed E-state index contributed by atoms with van der Waals surface area (Å²) in [6.45, 7) is 1.91. The van der Waals surface area contributed by atoms with Crippen LogP contribution in [-0.4, -0.2) is 5.11 Å². The smallest absolute Gasteiger partial charge is 0.134 e. The highest BCUT2D eigenvalue weighted by Crippen LogP contribution is 2.24. The summed E-state index contributed by atoms with van der Waals surface area (Å²) in [5.41, 5.74) is 1.74. The van der Waals surface area contributed by atoms with Gasteiger partial charge in [0.15, 0.2) is 0 Å². The molecule has 0 atom stereocenters. The average Bonchev–Trinajstić information content (AvgIpc) is 2.40. The summed E-state index contributed by atoms with van der Waals surface area (Å²) in [4.78, 5) is 0. The van der Waals surface area contributed by atoms with E-state index in [0.29, 0.717) is 0 Å². The minimum Gasteiger partial charge on any atom is -0.461 e. The summed E-state index contributed by atoms with van der Waals surface area (Å²) in [5, 5.41) is 10.1. The number of aliphatic hydroxyl groups excluding tert-OH is 1. The molecule has 1 aromatic carbocycles. The van der Waals surface area contributed by atoms with Crippen molar-refractivity contribution in [3.05, 3.63) is 35.6 Å². The van der Waals surface area contributed by atoms with Gasteiger partial charge in [-0.05, 0) is 13.0 Å². The van der Waals surface area contributed by atoms with Crippen LogP contribution < -0.4 is 0 Å². The van der Waals surface area contributed by atoms with Crippen LogP contribution >= 0.6 is 0 Å². The van der Waals surface area contributed by atoms with Gasteiger partial charge in [-0.2, -0.15) is 0 Å².